The van der Waals surface area contributed by atoms with Gasteiger partial charge in [-0.05, 0) is 31.1 Å². The van der Waals surface area contributed by atoms with E-state index in [0.29, 0.717) is 19.4 Å². The molecule has 0 N–H and O–H groups in total. The first-order valence-corrected chi connectivity index (χ1v) is 7.24. The van der Waals surface area contributed by atoms with E-state index in [0.717, 1.165) is 32.1 Å². The van der Waals surface area contributed by atoms with Gasteiger partial charge in [0.2, 0.25) is 11.8 Å². The van der Waals surface area contributed by atoms with E-state index in [1.165, 1.54) is 4.90 Å². The molecular weight excluding hydrogens is 240 g/mol. The van der Waals surface area contributed by atoms with Crippen LogP contribution in [0.15, 0.2) is 0 Å². The molecule has 1 saturated heterocycles. The molecule has 0 spiro atoms. The van der Waals surface area contributed by atoms with Crippen LogP contribution in [0.1, 0.15) is 58.8 Å². The molecule has 2 rings (SSSR count). The van der Waals surface area contributed by atoms with Gasteiger partial charge in [-0.25, -0.2) is 0 Å². The zero-order valence-corrected chi connectivity index (χ0v) is 11.9. The topological polar surface area (TPSA) is 61.2 Å². The SMILES string of the molecule is CCC1(CC)CC(=O)N(CC2(C#N)CCC2)C(=O)C1. The molecule has 0 aromatic rings. The van der Waals surface area contributed by atoms with Gasteiger partial charge in [-0.15, -0.1) is 0 Å². The van der Waals surface area contributed by atoms with Crippen molar-refractivity contribution in [2.24, 2.45) is 10.8 Å². The fourth-order valence-electron chi connectivity index (χ4n) is 3.17. The predicted molar refractivity (Wildman–Crippen MR) is 70.9 cm³/mol. The Kier molecular flexibility index (Phi) is 3.66. The molecule has 0 aromatic heterocycles. The Balaban J connectivity index is 2.11. The number of nitrogens with zero attached hydrogens (tertiary/aromatic N) is 2. The molecule has 0 radical (unpaired) electrons. The summed E-state index contributed by atoms with van der Waals surface area (Å²) in [5.41, 5.74) is -0.603. The van der Waals surface area contributed by atoms with Gasteiger partial charge in [0.1, 0.15) is 0 Å². The molecule has 2 amide bonds. The molecule has 1 aliphatic carbocycles. The number of hydrogen-bond acceptors (Lipinski definition) is 3. The minimum atomic E-state index is -0.455. The van der Waals surface area contributed by atoms with E-state index in [4.69, 9.17) is 0 Å². The predicted octanol–water partition coefficient (Wildman–Crippen LogP) is 2.64. The molecule has 1 heterocycles. The van der Waals surface area contributed by atoms with Gasteiger partial charge in [-0.2, -0.15) is 5.26 Å². The molecule has 0 aromatic carbocycles. The third-order valence-corrected chi connectivity index (χ3v) is 5.16. The van der Waals surface area contributed by atoms with Crippen molar-refractivity contribution in [3.8, 4) is 6.07 Å². The largest absolute Gasteiger partial charge is 0.281 e. The van der Waals surface area contributed by atoms with Crippen molar-refractivity contribution in [1.29, 1.82) is 5.26 Å². The van der Waals surface area contributed by atoms with Crippen molar-refractivity contribution in [3.63, 3.8) is 0 Å². The molecule has 4 nitrogen and oxygen atoms in total. The van der Waals surface area contributed by atoms with Gasteiger partial charge in [0.05, 0.1) is 11.5 Å². The van der Waals surface area contributed by atoms with Crippen molar-refractivity contribution in [3.05, 3.63) is 0 Å². The van der Waals surface area contributed by atoms with Crippen molar-refractivity contribution in [2.75, 3.05) is 6.54 Å². The van der Waals surface area contributed by atoms with E-state index in [1.54, 1.807) is 0 Å². The van der Waals surface area contributed by atoms with E-state index in [1.807, 2.05) is 13.8 Å². The van der Waals surface area contributed by atoms with Gasteiger partial charge in [0.15, 0.2) is 0 Å². The fraction of sp³-hybridized carbons (Fsp3) is 0.800. The van der Waals surface area contributed by atoms with Crippen LogP contribution in [0.2, 0.25) is 0 Å². The number of carbonyl (C=O) groups is 2. The standard InChI is InChI=1S/C15H22N2O2/c1-3-14(4-2)8-12(18)17(13(19)9-14)11-15(10-16)6-5-7-15/h3-9,11H2,1-2H3. The van der Waals surface area contributed by atoms with Gasteiger partial charge in [-0.3, -0.25) is 14.5 Å². The summed E-state index contributed by atoms with van der Waals surface area (Å²) in [5, 5.41) is 9.24. The molecule has 104 valence electrons. The highest BCUT2D eigenvalue weighted by Crippen LogP contribution is 2.44. The average molecular weight is 262 g/mol. The normalized spacial score (nSPS) is 24.8. The molecule has 2 aliphatic rings. The lowest BCUT2D eigenvalue weighted by molar-refractivity contribution is -0.156. The van der Waals surface area contributed by atoms with E-state index in [2.05, 4.69) is 6.07 Å². The number of likely N-dealkylation sites (tertiary alicyclic amines) is 1. The minimum Gasteiger partial charge on any atom is -0.281 e. The van der Waals surface area contributed by atoms with Gasteiger partial charge in [-0.1, -0.05) is 20.3 Å². The molecule has 0 unspecified atom stereocenters. The van der Waals surface area contributed by atoms with Gasteiger partial charge >= 0.3 is 0 Å². The Morgan fingerprint density at radius 1 is 1.16 bits per heavy atom. The molecule has 0 atom stereocenters. The summed E-state index contributed by atoms with van der Waals surface area (Å²) < 4.78 is 0. The summed E-state index contributed by atoms with van der Waals surface area (Å²) in [4.78, 5) is 25.9. The van der Waals surface area contributed by atoms with Crippen LogP contribution in [0.4, 0.5) is 0 Å². The molecule has 19 heavy (non-hydrogen) atoms. The summed E-state index contributed by atoms with van der Waals surface area (Å²) >= 11 is 0. The maximum Gasteiger partial charge on any atom is 0.229 e. The quantitative estimate of drug-likeness (QED) is 0.732. The van der Waals surface area contributed by atoms with E-state index >= 15 is 0 Å². The summed E-state index contributed by atoms with van der Waals surface area (Å²) in [6, 6.07) is 2.31. The number of hydrogen-bond donors (Lipinski definition) is 0. The van der Waals surface area contributed by atoms with Gasteiger partial charge in [0.25, 0.3) is 0 Å². The van der Waals surface area contributed by atoms with E-state index < -0.39 is 5.41 Å². The van der Waals surface area contributed by atoms with Crippen LogP contribution in [0.3, 0.4) is 0 Å². The van der Waals surface area contributed by atoms with Crippen LogP contribution < -0.4 is 0 Å². The summed E-state index contributed by atoms with van der Waals surface area (Å²) in [7, 11) is 0. The van der Waals surface area contributed by atoms with Crippen LogP contribution >= 0.6 is 0 Å². The molecule has 0 bridgehead atoms. The lowest BCUT2D eigenvalue weighted by atomic mass is 9.68. The van der Waals surface area contributed by atoms with Crippen LogP contribution in [0.5, 0.6) is 0 Å². The molecular formula is C15H22N2O2. The molecule has 4 heteroatoms. The monoisotopic (exact) mass is 262 g/mol. The number of imide groups is 1. The first-order chi connectivity index (χ1) is 9.00. The highest BCUT2D eigenvalue weighted by Gasteiger charge is 2.46. The second-order valence-electron chi connectivity index (χ2n) is 6.18. The Morgan fingerprint density at radius 3 is 2.00 bits per heavy atom. The van der Waals surface area contributed by atoms with Crippen LogP contribution in [0.25, 0.3) is 0 Å². The average Bonchev–Trinajstić information content (AvgIpc) is 2.36. The summed E-state index contributed by atoms with van der Waals surface area (Å²) in [5.74, 6) is -0.164. The van der Waals surface area contributed by atoms with Crippen LogP contribution in [-0.4, -0.2) is 23.3 Å². The lowest BCUT2D eigenvalue weighted by Crippen LogP contribution is -2.52. The smallest absolute Gasteiger partial charge is 0.229 e. The second-order valence-corrected chi connectivity index (χ2v) is 6.18. The Labute approximate surface area is 114 Å². The van der Waals surface area contributed by atoms with Gasteiger partial charge < -0.3 is 0 Å². The third-order valence-electron chi connectivity index (χ3n) is 5.16. The highest BCUT2D eigenvalue weighted by atomic mass is 16.2. The Morgan fingerprint density at radius 2 is 1.68 bits per heavy atom. The first-order valence-electron chi connectivity index (χ1n) is 7.24. The first kappa shape index (κ1) is 14.0. The summed E-state index contributed by atoms with van der Waals surface area (Å²) in [6.07, 6.45) is 5.27. The van der Waals surface area contributed by atoms with Crippen LogP contribution in [-0.2, 0) is 9.59 Å². The number of piperidine rings is 1. The Bertz CT molecular complexity index is 408. The zero-order valence-electron chi connectivity index (χ0n) is 11.9. The van der Waals surface area contributed by atoms with E-state index in [9.17, 15) is 14.9 Å². The highest BCUT2D eigenvalue weighted by molar-refractivity contribution is 5.98. The van der Waals surface area contributed by atoms with Crippen molar-refractivity contribution in [2.45, 2.75) is 58.8 Å². The van der Waals surface area contributed by atoms with Crippen molar-refractivity contribution in [1.82, 2.24) is 4.90 Å². The van der Waals surface area contributed by atoms with Gasteiger partial charge in [0, 0.05) is 19.4 Å². The maximum absolute atomic E-state index is 12.3. The molecule has 1 saturated carbocycles. The summed E-state index contributed by atoms with van der Waals surface area (Å²) in [6.45, 7) is 4.40. The number of amides is 2. The fourth-order valence-corrected chi connectivity index (χ4v) is 3.17. The van der Waals surface area contributed by atoms with Crippen molar-refractivity contribution < 1.29 is 9.59 Å². The third kappa shape index (κ3) is 2.39. The lowest BCUT2D eigenvalue weighted by Gasteiger charge is -2.43. The van der Waals surface area contributed by atoms with Crippen LogP contribution in [0, 0.1) is 22.2 Å². The molecule has 1 aliphatic heterocycles. The maximum atomic E-state index is 12.3. The number of rotatable bonds is 4. The Hall–Kier alpha value is -1.37. The van der Waals surface area contributed by atoms with Crippen molar-refractivity contribution >= 4 is 11.8 Å². The molecule has 2 fully saturated rings. The van der Waals surface area contributed by atoms with E-state index in [-0.39, 0.29) is 17.2 Å². The minimum absolute atomic E-state index is 0.0820. The second kappa shape index (κ2) is 4.96. The zero-order chi connectivity index (χ0) is 14.1. The number of carbonyl (C=O) groups excluding carboxylic acids is 2. The number of nitriles is 1.